The molecule has 0 bridgehead atoms. The lowest BCUT2D eigenvalue weighted by molar-refractivity contribution is 0.0599. The van der Waals surface area contributed by atoms with Gasteiger partial charge in [-0.25, -0.2) is 4.79 Å². The third-order valence-corrected chi connectivity index (χ3v) is 5.01. The minimum Gasteiger partial charge on any atom is -0.465 e. The van der Waals surface area contributed by atoms with Gasteiger partial charge in [0.2, 0.25) is 0 Å². The number of amides is 1. The zero-order chi connectivity index (χ0) is 18.6. The van der Waals surface area contributed by atoms with Gasteiger partial charge < -0.3 is 19.9 Å². The van der Waals surface area contributed by atoms with Crippen LogP contribution in [0.4, 0.5) is 0 Å². The number of aromatic nitrogens is 1. The van der Waals surface area contributed by atoms with Crippen LogP contribution in [0.5, 0.6) is 0 Å². The van der Waals surface area contributed by atoms with Gasteiger partial charge in [0.1, 0.15) is 5.69 Å². The molecule has 1 saturated heterocycles. The number of hydrogen-bond acceptors (Lipinski definition) is 4. The van der Waals surface area contributed by atoms with Crippen molar-refractivity contribution in [1.82, 2.24) is 15.2 Å². The minimum absolute atomic E-state index is 0.135. The van der Waals surface area contributed by atoms with E-state index in [0.717, 1.165) is 31.5 Å². The molecule has 140 valence electrons. The highest BCUT2D eigenvalue weighted by molar-refractivity contribution is 6.00. The minimum atomic E-state index is -0.389. The van der Waals surface area contributed by atoms with Gasteiger partial charge in [0.15, 0.2) is 0 Å². The first-order valence-electron chi connectivity index (χ1n) is 9.20. The number of rotatable bonds is 7. The maximum absolute atomic E-state index is 12.7. The summed E-state index contributed by atoms with van der Waals surface area (Å²) in [5.74, 6) is -0.0403. The number of aryl methyl sites for hydroxylation is 1. The fourth-order valence-electron chi connectivity index (χ4n) is 3.57. The molecule has 1 aromatic rings. The summed E-state index contributed by atoms with van der Waals surface area (Å²) in [7, 11) is 1.37. The number of methoxy groups -OCH3 is 1. The van der Waals surface area contributed by atoms with E-state index < -0.39 is 0 Å². The Morgan fingerprint density at radius 1 is 1.40 bits per heavy atom. The van der Waals surface area contributed by atoms with Crippen LogP contribution in [-0.4, -0.2) is 54.5 Å². The van der Waals surface area contributed by atoms with Crippen LogP contribution in [-0.2, 0) is 11.2 Å². The first-order valence-corrected chi connectivity index (χ1v) is 9.20. The van der Waals surface area contributed by atoms with E-state index in [-0.39, 0.29) is 11.9 Å². The molecule has 1 amide bonds. The van der Waals surface area contributed by atoms with Gasteiger partial charge in [0, 0.05) is 24.8 Å². The third kappa shape index (κ3) is 4.42. The van der Waals surface area contributed by atoms with Gasteiger partial charge in [-0.1, -0.05) is 13.3 Å². The van der Waals surface area contributed by atoms with Crippen molar-refractivity contribution < 1.29 is 14.3 Å². The Balaban J connectivity index is 2.07. The Hall–Kier alpha value is -1.82. The third-order valence-electron chi connectivity index (χ3n) is 5.01. The number of nitrogens with one attached hydrogen (secondary N) is 2. The molecule has 2 heterocycles. The van der Waals surface area contributed by atoms with Crippen molar-refractivity contribution in [2.75, 3.05) is 26.7 Å². The molecule has 1 aliphatic rings. The zero-order valence-electron chi connectivity index (χ0n) is 16.1. The van der Waals surface area contributed by atoms with Gasteiger partial charge >= 0.3 is 5.97 Å². The van der Waals surface area contributed by atoms with Crippen molar-refractivity contribution in [2.24, 2.45) is 5.92 Å². The Morgan fingerprint density at radius 3 is 2.68 bits per heavy atom. The van der Waals surface area contributed by atoms with Crippen LogP contribution < -0.4 is 5.32 Å². The normalized spacial score (nSPS) is 17.9. The highest BCUT2D eigenvalue weighted by Crippen LogP contribution is 2.22. The number of carbonyl (C=O) groups excluding carboxylic acids is 2. The molecular formula is C19H31N3O3. The van der Waals surface area contributed by atoms with E-state index in [9.17, 15) is 9.59 Å². The zero-order valence-corrected chi connectivity index (χ0v) is 16.1. The fraction of sp³-hybridized carbons (Fsp3) is 0.684. The summed E-state index contributed by atoms with van der Waals surface area (Å²) in [4.78, 5) is 30.3. The molecule has 0 spiro atoms. The molecule has 6 nitrogen and oxygen atoms in total. The number of ether oxygens (including phenoxy) is 1. The molecule has 1 aromatic heterocycles. The summed E-state index contributed by atoms with van der Waals surface area (Å²) in [5, 5.41) is 3.05. The quantitative estimate of drug-likeness (QED) is 0.742. The summed E-state index contributed by atoms with van der Waals surface area (Å²) in [5.41, 5.74) is 2.45. The highest BCUT2D eigenvalue weighted by atomic mass is 16.5. The number of hydrogen-bond donors (Lipinski definition) is 2. The van der Waals surface area contributed by atoms with E-state index >= 15 is 0 Å². The Morgan fingerprint density at radius 2 is 2.12 bits per heavy atom. The maximum Gasteiger partial charge on any atom is 0.339 e. The summed E-state index contributed by atoms with van der Waals surface area (Å²) < 4.78 is 4.88. The van der Waals surface area contributed by atoms with Crippen LogP contribution >= 0.6 is 0 Å². The largest absolute Gasteiger partial charge is 0.465 e. The van der Waals surface area contributed by atoms with Gasteiger partial charge in [0.05, 0.1) is 12.7 Å². The van der Waals surface area contributed by atoms with Crippen molar-refractivity contribution in [3.8, 4) is 0 Å². The second kappa shape index (κ2) is 8.52. The van der Waals surface area contributed by atoms with Crippen LogP contribution in [0.15, 0.2) is 0 Å². The average molecular weight is 349 g/mol. The standard InChI is InChI=1S/C19H31N3O3/c1-6-7-15-16(19(24)25-5)13(4)21-17(15)18(23)20-10-14-8-9-22(11-14)12(2)3/h12,14,21H,6-11H2,1-5H3,(H,20,23)/t14-/m1/s1. The Labute approximate surface area is 150 Å². The van der Waals surface area contributed by atoms with Crippen molar-refractivity contribution in [2.45, 2.75) is 53.0 Å². The van der Waals surface area contributed by atoms with Crippen LogP contribution in [0, 0.1) is 12.8 Å². The molecule has 6 heteroatoms. The predicted molar refractivity (Wildman–Crippen MR) is 98.0 cm³/mol. The second-order valence-corrected chi connectivity index (χ2v) is 7.17. The number of esters is 1. The van der Waals surface area contributed by atoms with E-state index in [1.807, 2.05) is 6.92 Å². The predicted octanol–water partition coefficient (Wildman–Crippen LogP) is 2.52. The number of aromatic amines is 1. The number of nitrogens with zero attached hydrogens (tertiary/aromatic N) is 1. The monoisotopic (exact) mass is 349 g/mol. The van der Waals surface area contributed by atoms with E-state index in [0.29, 0.717) is 41.9 Å². The molecule has 1 fully saturated rings. The van der Waals surface area contributed by atoms with E-state index in [2.05, 4.69) is 29.0 Å². The molecule has 0 radical (unpaired) electrons. The van der Waals surface area contributed by atoms with E-state index in [4.69, 9.17) is 4.74 Å². The highest BCUT2D eigenvalue weighted by Gasteiger charge is 2.27. The summed E-state index contributed by atoms with van der Waals surface area (Å²) in [6.45, 7) is 11.0. The number of carbonyl (C=O) groups is 2. The lowest BCUT2D eigenvalue weighted by atomic mass is 10.0. The molecule has 0 saturated carbocycles. The molecule has 2 N–H and O–H groups in total. The van der Waals surface area contributed by atoms with Crippen molar-refractivity contribution in [3.63, 3.8) is 0 Å². The van der Waals surface area contributed by atoms with Crippen LogP contribution in [0.25, 0.3) is 0 Å². The molecule has 0 aromatic carbocycles. The lowest BCUT2D eigenvalue weighted by Gasteiger charge is -2.20. The Bertz CT molecular complexity index is 622. The smallest absolute Gasteiger partial charge is 0.339 e. The molecular weight excluding hydrogens is 318 g/mol. The van der Waals surface area contributed by atoms with Crippen molar-refractivity contribution in [1.29, 1.82) is 0 Å². The number of likely N-dealkylation sites (tertiary alicyclic amines) is 1. The lowest BCUT2D eigenvalue weighted by Crippen LogP contribution is -2.33. The van der Waals surface area contributed by atoms with E-state index in [1.54, 1.807) is 6.92 Å². The molecule has 1 aliphatic heterocycles. The molecule has 0 aliphatic carbocycles. The van der Waals surface area contributed by atoms with Crippen molar-refractivity contribution >= 4 is 11.9 Å². The number of H-pyrrole nitrogens is 1. The molecule has 0 unspecified atom stereocenters. The van der Waals surface area contributed by atoms with Crippen LogP contribution in [0.3, 0.4) is 0 Å². The van der Waals surface area contributed by atoms with Gasteiger partial charge in [-0.2, -0.15) is 0 Å². The van der Waals surface area contributed by atoms with Crippen LogP contribution in [0.2, 0.25) is 0 Å². The Kier molecular flexibility index (Phi) is 6.64. The first-order chi connectivity index (χ1) is 11.9. The molecule has 1 atom stereocenters. The topological polar surface area (TPSA) is 74.4 Å². The summed E-state index contributed by atoms with van der Waals surface area (Å²) >= 11 is 0. The van der Waals surface area contributed by atoms with Gasteiger partial charge in [-0.05, 0) is 51.6 Å². The van der Waals surface area contributed by atoms with Crippen molar-refractivity contribution in [3.05, 3.63) is 22.5 Å². The van der Waals surface area contributed by atoms with Crippen LogP contribution in [0.1, 0.15) is 65.7 Å². The van der Waals surface area contributed by atoms with Gasteiger partial charge in [-0.15, -0.1) is 0 Å². The summed E-state index contributed by atoms with van der Waals surface area (Å²) in [6.07, 6.45) is 2.63. The molecule has 25 heavy (non-hydrogen) atoms. The SMILES string of the molecule is CCCc1c(C(=O)NC[C@H]2CCN(C(C)C)C2)[nH]c(C)c1C(=O)OC. The average Bonchev–Trinajstić information content (AvgIpc) is 3.17. The van der Waals surface area contributed by atoms with Gasteiger partial charge in [-0.3, -0.25) is 4.79 Å². The maximum atomic E-state index is 12.7. The fourth-order valence-corrected chi connectivity index (χ4v) is 3.57. The van der Waals surface area contributed by atoms with E-state index in [1.165, 1.54) is 7.11 Å². The molecule has 2 rings (SSSR count). The summed E-state index contributed by atoms with van der Waals surface area (Å²) in [6, 6.07) is 0.547. The second-order valence-electron chi connectivity index (χ2n) is 7.17. The van der Waals surface area contributed by atoms with Gasteiger partial charge in [0.25, 0.3) is 5.91 Å². The first kappa shape index (κ1) is 19.5.